The third-order valence-electron chi connectivity index (χ3n) is 5.11. The van der Waals surface area contributed by atoms with Crippen molar-refractivity contribution in [1.29, 1.82) is 0 Å². The summed E-state index contributed by atoms with van der Waals surface area (Å²) in [6.07, 6.45) is 1.79. The highest BCUT2D eigenvalue weighted by Crippen LogP contribution is 2.29. The van der Waals surface area contributed by atoms with E-state index in [1.54, 1.807) is 20.4 Å². The number of aromatic amines is 1. The van der Waals surface area contributed by atoms with Gasteiger partial charge >= 0.3 is 0 Å². The molecule has 0 saturated carbocycles. The van der Waals surface area contributed by atoms with Gasteiger partial charge in [-0.05, 0) is 30.3 Å². The van der Waals surface area contributed by atoms with Crippen molar-refractivity contribution in [2.45, 2.75) is 0 Å². The first-order valence-electron chi connectivity index (χ1n) is 9.03. The van der Waals surface area contributed by atoms with Crippen LogP contribution < -0.4 is 14.4 Å². The molecule has 6 heteroatoms. The molecule has 27 heavy (non-hydrogen) atoms. The second-order valence-corrected chi connectivity index (χ2v) is 6.56. The van der Waals surface area contributed by atoms with Gasteiger partial charge in [0.05, 0.1) is 25.5 Å². The van der Waals surface area contributed by atoms with E-state index >= 15 is 0 Å². The number of para-hydroxylation sites is 2. The van der Waals surface area contributed by atoms with Crippen LogP contribution in [0.3, 0.4) is 0 Å². The number of methoxy groups -OCH3 is 2. The summed E-state index contributed by atoms with van der Waals surface area (Å²) in [5.41, 5.74) is 2.70. The molecule has 2 heterocycles. The van der Waals surface area contributed by atoms with Crippen LogP contribution in [-0.2, 0) is 0 Å². The van der Waals surface area contributed by atoms with Gasteiger partial charge in [-0.3, -0.25) is 4.79 Å². The van der Waals surface area contributed by atoms with Crippen molar-refractivity contribution in [3.8, 4) is 11.5 Å². The SMILES string of the molecule is COc1ccc2[nH]cc(C(=O)N3CCN(c4ccccc4OC)CC3)c2c1. The highest BCUT2D eigenvalue weighted by Gasteiger charge is 2.25. The lowest BCUT2D eigenvalue weighted by atomic mass is 10.1. The molecule has 2 aromatic carbocycles. The minimum Gasteiger partial charge on any atom is -0.497 e. The summed E-state index contributed by atoms with van der Waals surface area (Å²) in [5, 5.41) is 0.895. The van der Waals surface area contributed by atoms with Crippen molar-refractivity contribution < 1.29 is 14.3 Å². The number of fused-ring (bicyclic) bond motifs is 1. The number of rotatable bonds is 4. The molecule has 0 radical (unpaired) electrons. The Bertz CT molecular complexity index is 958. The molecule has 4 rings (SSSR count). The van der Waals surface area contributed by atoms with Gasteiger partial charge in [0.2, 0.25) is 0 Å². The zero-order valence-electron chi connectivity index (χ0n) is 15.6. The van der Waals surface area contributed by atoms with Crippen LogP contribution in [0.25, 0.3) is 10.9 Å². The molecule has 1 aliphatic rings. The number of carbonyl (C=O) groups is 1. The monoisotopic (exact) mass is 365 g/mol. The molecule has 0 bridgehead atoms. The van der Waals surface area contributed by atoms with Gasteiger partial charge in [-0.1, -0.05) is 12.1 Å². The van der Waals surface area contributed by atoms with E-state index in [0.29, 0.717) is 18.7 Å². The Labute approximate surface area is 158 Å². The van der Waals surface area contributed by atoms with Gasteiger partial charge < -0.3 is 24.3 Å². The van der Waals surface area contributed by atoms with E-state index in [1.807, 2.05) is 41.3 Å². The van der Waals surface area contributed by atoms with Gasteiger partial charge in [-0.25, -0.2) is 0 Å². The fourth-order valence-corrected chi connectivity index (χ4v) is 3.62. The highest BCUT2D eigenvalue weighted by atomic mass is 16.5. The summed E-state index contributed by atoms with van der Waals surface area (Å²) in [6.45, 7) is 2.90. The van der Waals surface area contributed by atoms with Crippen molar-refractivity contribution in [2.24, 2.45) is 0 Å². The lowest BCUT2D eigenvalue weighted by molar-refractivity contribution is 0.0748. The molecule has 1 aromatic heterocycles. The van der Waals surface area contributed by atoms with Crippen LogP contribution in [0.1, 0.15) is 10.4 Å². The van der Waals surface area contributed by atoms with Gasteiger partial charge in [0.25, 0.3) is 5.91 Å². The summed E-state index contributed by atoms with van der Waals surface area (Å²) in [6, 6.07) is 13.7. The number of benzene rings is 2. The van der Waals surface area contributed by atoms with E-state index in [2.05, 4.69) is 16.0 Å². The standard InChI is InChI=1S/C21H23N3O3/c1-26-15-7-8-18-16(13-15)17(14-22-18)21(25)24-11-9-23(10-12-24)19-5-3-4-6-20(19)27-2/h3-8,13-14,22H,9-12H2,1-2H3. The molecule has 1 saturated heterocycles. The van der Waals surface area contributed by atoms with Crippen LogP contribution in [0.2, 0.25) is 0 Å². The van der Waals surface area contributed by atoms with Crippen molar-refractivity contribution in [3.05, 3.63) is 54.2 Å². The zero-order chi connectivity index (χ0) is 18.8. The third-order valence-corrected chi connectivity index (χ3v) is 5.11. The second kappa shape index (κ2) is 7.23. The molecule has 6 nitrogen and oxygen atoms in total. The maximum absolute atomic E-state index is 13.1. The normalized spacial score (nSPS) is 14.4. The fourth-order valence-electron chi connectivity index (χ4n) is 3.62. The second-order valence-electron chi connectivity index (χ2n) is 6.56. The molecule has 0 atom stereocenters. The fraction of sp³-hybridized carbons (Fsp3) is 0.286. The molecule has 1 aliphatic heterocycles. The quantitative estimate of drug-likeness (QED) is 0.772. The van der Waals surface area contributed by atoms with Crippen LogP contribution >= 0.6 is 0 Å². The van der Waals surface area contributed by atoms with Gasteiger partial charge in [-0.2, -0.15) is 0 Å². The van der Waals surface area contributed by atoms with Crippen molar-refractivity contribution in [1.82, 2.24) is 9.88 Å². The Morgan fingerprint density at radius 2 is 1.78 bits per heavy atom. The zero-order valence-corrected chi connectivity index (χ0v) is 15.6. The molecular formula is C21H23N3O3. The molecule has 0 aliphatic carbocycles. The predicted molar refractivity (Wildman–Crippen MR) is 106 cm³/mol. The number of nitrogens with zero attached hydrogens (tertiary/aromatic N) is 2. The van der Waals surface area contributed by atoms with Gasteiger partial charge in [0.1, 0.15) is 11.5 Å². The number of aromatic nitrogens is 1. The van der Waals surface area contributed by atoms with Crippen LogP contribution in [0.5, 0.6) is 11.5 Å². The minimum absolute atomic E-state index is 0.0502. The number of hydrogen-bond acceptors (Lipinski definition) is 4. The summed E-state index contributed by atoms with van der Waals surface area (Å²) < 4.78 is 10.8. The molecule has 3 aromatic rings. The van der Waals surface area contributed by atoms with E-state index in [4.69, 9.17) is 9.47 Å². The first kappa shape index (κ1) is 17.3. The summed E-state index contributed by atoms with van der Waals surface area (Å²) in [7, 11) is 3.32. The van der Waals surface area contributed by atoms with Gasteiger partial charge in [-0.15, -0.1) is 0 Å². The molecule has 140 valence electrons. The summed E-state index contributed by atoms with van der Waals surface area (Å²) >= 11 is 0. The maximum Gasteiger partial charge on any atom is 0.256 e. The van der Waals surface area contributed by atoms with Gasteiger partial charge in [0, 0.05) is 43.3 Å². The summed E-state index contributed by atoms with van der Waals surface area (Å²) in [5.74, 6) is 1.66. The smallest absolute Gasteiger partial charge is 0.256 e. The van der Waals surface area contributed by atoms with Crippen LogP contribution in [-0.4, -0.2) is 56.2 Å². The molecule has 0 spiro atoms. The number of anilines is 1. The largest absolute Gasteiger partial charge is 0.497 e. The average molecular weight is 365 g/mol. The van der Waals surface area contributed by atoms with Crippen molar-refractivity contribution >= 4 is 22.5 Å². The van der Waals surface area contributed by atoms with E-state index < -0.39 is 0 Å². The van der Waals surface area contributed by atoms with Crippen molar-refractivity contribution in [2.75, 3.05) is 45.3 Å². The van der Waals surface area contributed by atoms with Crippen LogP contribution in [0.15, 0.2) is 48.7 Å². The lowest BCUT2D eigenvalue weighted by Crippen LogP contribution is -2.48. The Kier molecular flexibility index (Phi) is 4.62. The molecule has 0 unspecified atom stereocenters. The molecule has 1 amide bonds. The number of nitrogens with one attached hydrogen (secondary N) is 1. The maximum atomic E-state index is 13.1. The topological polar surface area (TPSA) is 57.8 Å². The predicted octanol–water partition coefficient (Wildman–Crippen LogP) is 3.15. The first-order chi connectivity index (χ1) is 13.2. The van der Waals surface area contributed by atoms with E-state index in [-0.39, 0.29) is 5.91 Å². The van der Waals surface area contributed by atoms with Crippen LogP contribution in [0, 0.1) is 0 Å². The average Bonchev–Trinajstić information content (AvgIpc) is 3.16. The number of ether oxygens (including phenoxy) is 2. The lowest BCUT2D eigenvalue weighted by Gasteiger charge is -2.36. The number of carbonyl (C=O) groups excluding carboxylic acids is 1. The van der Waals surface area contributed by atoms with Crippen LogP contribution in [0.4, 0.5) is 5.69 Å². The molecule has 1 N–H and O–H groups in total. The highest BCUT2D eigenvalue weighted by molar-refractivity contribution is 6.07. The molecular weight excluding hydrogens is 342 g/mol. The third kappa shape index (κ3) is 3.18. The number of amides is 1. The number of hydrogen-bond donors (Lipinski definition) is 1. The summed E-state index contributed by atoms with van der Waals surface area (Å²) in [4.78, 5) is 20.4. The Hall–Kier alpha value is -3.15. The molecule has 1 fully saturated rings. The number of H-pyrrole nitrogens is 1. The Morgan fingerprint density at radius 1 is 1.00 bits per heavy atom. The van der Waals surface area contributed by atoms with Gasteiger partial charge in [0.15, 0.2) is 0 Å². The Morgan fingerprint density at radius 3 is 2.52 bits per heavy atom. The van der Waals surface area contributed by atoms with E-state index in [1.165, 1.54) is 0 Å². The van der Waals surface area contributed by atoms with E-state index in [9.17, 15) is 4.79 Å². The van der Waals surface area contributed by atoms with E-state index in [0.717, 1.165) is 41.2 Å². The number of piperazine rings is 1. The first-order valence-corrected chi connectivity index (χ1v) is 9.03. The Balaban J connectivity index is 1.51. The van der Waals surface area contributed by atoms with Crippen molar-refractivity contribution in [3.63, 3.8) is 0 Å². The minimum atomic E-state index is 0.0502.